The van der Waals surface area contributed by atoms with Crippen LogP contribution in [0.5, 0.6) is 5.75 Å². The molecular formula is C21H13NO4S2. The largest absolute Gasteiger partial charge is 0.457 e. The molecule has 0 radical (unpaired) electrons. The SMILES string of the molecule is O=C(Oc1ccc(C=C2SC(=S)N(c3ccccc3)C2=O)cc1)c1ccco1. The summed E-state index contributed by atoms with van der Waals surface area (Å²) >= 11 is 6.62. The van der Waals surface area contributed by atoms with Gasteiger partial charge in [-0.25, -0.2) is 4.79 Å². The molecule has 1 fully saturated rings. The van der Waals surface area contributed by atoms with Gasteiger partial charge in [0, 0.05) is 0 Å². The lowest BCUT2D eigenvalue weighted by molar-refractivity contribution is -0.113. The van der Waals surface area contributed by atoms with E-state index in [9.17, 15) is 9.59 Å². The predicted octanol–water partition coefficient (Wildman–Crippen LogP) is 4.90. The third-order valence-electron chi connectivity index (χ3n) is 3.92. The molecule has 2 heterocycles. The Bertz CT molecular complexity index is 1060. The Morgan fingerprint density at radius 1 is 1.04 bits per heavy atom. The van der Waals surface area contributed by atoms with Crippen molar-refractivity contribution in [3.05, 3.63) is 89.2 Å². The van der Waals surface area contributed by atoms with Crippen molar-refractivity contribution in [2.24, 2.45) is 0 Å². The van der Waals surface area contributed by atoms with Gasteiger partial charge in [0.05, 0.1) is 16.9 Å². The van der Waals surface area contributed by atoms with Crippen molar-refractivity contribution in [1.82, 2.24) is 0 Å². The smallest absolute Gasteiger partial charge is 0.379 e. The number of benzene rings is 2. The second kappa shape index (κ2) is 7.84. The van der Waals surface area contributed by atoms with Crippen LogP contribution in [0.2, 0.25) is 0 Å². The number of rotatable bonds is 4. The summed E-state index contributed by atoms with van der Waals surface area (Å²) in [5.41, 5.74) is 1.54. The number of nitrogens with zero attached hydrogens (tertiary/aromatic N) is 1. The molecule has 1 aliphatic rings. The number of thiocarbonyl (C=S) groups is 1. The molecule has 0 bridgehead atoms. The highest BCUT2D eigenvalue weighted by atomic mass is 32.2. The maximum absolute atomic E-state index is 12.7. The number of hydrogen-bond acceptors (Lipinski definition) is 6. The van der Waals surface area contributed by atoms with E-state index in [-0.39, 0.29) is 11.7 Å². The molecule has 1 aliphatic heterocycles. The third-order valence-corrected chi connectivity index (χ3v) is 5.22. The van der Waals surface area contributed by atoms with Crippen LogP contribution in [-0.4, -0.2) is 16.2 Å². The van der Waals surface area contributed by atoms with Gasteiger partial charge in [-0.3, -0.25) is 9.69 Å². The van der Waals surface area contributed by atoms with Crippen LogP contribution in [0.25, 0.3) is 6.08 Å². The van der Waals surface area contributed by atoms with E-state index in [0.29, 0.717) is 15.0 Å². The second-order valence-electron chi connectivity index (χ2n) is 5.79. The van der Waals surface area contributed by atoms with Crippen molar-refractivity contribution < 1.29 is 18.7 Å². The van der Waals surface area contributed by atoms with Gasteiger partial charge >= 0.3 is 5.97 Å². The molecule has 28 heavy (non-hydrogen) atoms. The maximum Gasteiger partial charge on any atom is 0.379 e. The molecule has 3 aromatic rings. The monoisotopic (exact) mass is 407 g/mol. The van der Waals surface area contributed by atoms with Crippen molar-refractivity contribution in [1.29, 1.82) is 0 Å². The molecule has 2 aromatic carbocycles. The summed E-state index contributed by atoms with van der Waals surface area (Å²) in [7, 11) is 0. The first-order chi connectivity index (χ1) is 13.6. The van der Waals surface area contributed by atoms with Gasteiger partial charge < -0.3 is 9.15 Å². The average molecular weight is 407 g/mol. The Morgan fingerprint density at radius 3 is 2.46 bits per heavy atom. The predicted molar refractivity (Wildman–Crippen MR) is 112 cm³/mol. The Morgan fingerprint density at radius 2 is 1.79 bits per heavy atom. The minimum absolute atomic E-state index is 0.133. The highest BCUT2D eigenvalue weighted by Gasteiger charge is 2.33. The number of carbonyl (C=O) groups is 2. The number of anilines is 1. The standard InChI is InChI=1S/C21H13NO4S2/c23-19-18(28-21(27)22(19)15-5-2-1-3-6-15)13-14-8-10-16(11-9-14)26-20(24)17-7-4-12-25-17/h1-13H. The van der Waals surface area contributed by atoms with Crippen molar-refractivity contribution >= 4 is 51.9 Å². The van der Waals surface area contributed by atoms with E-state index in [2.05, 4.69) is 0 Å². The van der Waals surface area contributed by atoms with Crippen LogP contribution in [0.1, 0.15) is 16.1 Å². The Balaban J connectivity index is 1.49. The lowest BCUT2D eigenvalue weighted by atomic mass is 10.2. The number of carbonyl (C=O) groups excluding carboxylic acids is 2. The number of ether oxygens (including phenoxy) is 1. The summed E-state index contributed by atoms with van der Waals surface area (Å²) in [4.78, 5) is 26.7. The molecule has 0 unspecified atom stereocenters. The Kier molecular flexibility index (Phi) is 5.10. The topological polar surface area (TPSA) is 59.8 Å². The molecule has 0 N–H and O–H groups in total. The molecule has 1 aromatic heterocycles. The van der Waals surface area contributed by atoms with Crippen molar-refractivity contribution in [3.63, 3.8) is 0 Å². The molecule has 5 nitrogen and oxygen atoms in total. The van der Waals surface area contributed by atoms with Crippen LogP contribution in [0.15, 0.2) is 82.3 Å². The lowest BCUT2D eigenvalue weighted by Crippen LogP contribution is -2.27. The molecule has 0 spiro atoms. The van der Waals surface area contributed by atoms with Gasteiger partial charge in [-0.15, -0.1) is 0 Å². The number of thioether (sulfide) groups is 1. The molecule has 138 valence electrons. The molecule has 7 heteroatoms. The highest BCUT2D eigenvalue weighted by Crippen LogP contribution is 2.36. The summed E-state index contributed by atoms with van der Waals surface area (Å²) in [6.45, 7) is 0. The molecular weight excluding hydrogens is 394 g/mol. The zero-order chi connectivity index (χ0) is 19.5. The quantitative estimate of drug-likeness (QED) is 0.265. The van der Waals surface area contributed by atoms with E-state index in [1.807, 2.05) is 30.3 Å². The number of amides is 1. The van der Waals surface area contributed by atoms with Gasteiger partial charge in [0.1, 0.15) is 5.75 Å². The summed E-state index contributed by atoms with van der Waals surface area (Å²) in [5.74, 6) is -0.208. The van der Waals surface area contributed by atoms with Crippen LogP contribution in [0, 0.1) is 0 Å². The first kappa shape index (κ1) is 18.2. The summed E-state index contributed by atoms with van der Waals surface area (Å²) in [5, 5.41) is 0. The fraction of sp³-hybridized carbons (Fsp3) is 0. The van der Waals surface area contributed by atoms with Crippen LogP contribution in [0.4, 0.5) is 5.69 Å². The van der Waals surface area contributed by atoms with E-state index in [1.165, 1.54) is 29.0 Å². The average Bonchev–Trinajstić information content (AvgIpc) is 3.33. The van der Waals surface area contributed by atoms with Gasteiger partial charge in [0.25, 0.3) is 5.91 Å². The normalized spacial score (nSPS) is 15.3. The molecule has 1 amide bonds. The third kappa shape index (κ3) is 3.76. The maximum atomic E-state index is 12.7. The summed E-state index contributed by atoms with van der Waals surface area (Å²) < 4.78 is 10.7. The van der Waals surface area contributed by atoms with Gasteiger partial charge in [-0.1, -0.05) is 54.3 Å². The van der Waals surface area contributed by atoms with E-state index < -0.39 is 5.97 Å². The van der Waals surface area contributed by atoms with Crippen molar-refractivity contribution in [3.8, 4) is 5.75 Å². The first-order valence-electron chi connectivity index (χ1n) is 8.30. The van der Waals surface area contributed by atoms with Crippen LogP contribution < -0.4 is 9.64 Å². The highest BCUT2D eigenvalue weighted by molar-refractivity contribution is 8.27. The first-order valence-corrected chi connectivity index (χ1v) is 9.53. The van der Waals surface area contributed by atoms with Crippen molar-refractivity contribution in [2.45, 2.75) is 0 Å². The van der Waals surface area contributed by atoms with Crippen LogP contribution in [0.3, 0.4) is 0 Å². The molecule has 4 rings (SSSR count). The Labute approximate surface area is 170 Å². The minimum Gasteiger partial charge on any atom is -0.457 e. The fourth-order valence-electron chi connectivity index (χ4n) is 2.60. The number of furan rings is 1. The molecule has 0 aliphatic carbocycles. The van der Waals surface area contributed by atoms with E-state index in [1.54, 1.807) is 36.4 Å². The number of esters is 1. The second-order valence-corrected chi connectivity index (χ2v) is 7.46. The van der Waals surface area contributed by atoms with Crippen molar-refractivity contribution in [2.75, 3.05) is 4.90 Å². The minimum atomic E-state index is -0.568. The molecule has 1 saturated heterocycles. The van der Waals surface area contributed by atoms with E-state index >= 15 is 0 Å². The van der Waals surface area contributed by atoms with Crippen LogP contribution in [-0.2, 0) is 4.79 Å². The van der Waals surface area contributed by atoms with Gasteiger partial charge in [0.15, 0.2) is 4.32 Å². The van der Waals surface area contributed by atoms with Crippen LogP contribution >= 0.6 is 24.0 Å². The zero-order valence-corrected chi connectivity index (χ0v) is 16.0. The zero-order valence-electron chi connectivity index (χ0n) is 14.4. The number of hydrogen-bond donors (Lipinski definition) is 0. The fourth-order valence-corrected chi connectivity index (χ4v) is 3.90. The molecule has 0 atom stereocenters. The number of para-hydroxylation sites is 1. The van der Waals surface area contributed by atoms with E-state index in [0.717, 1.165) is 11.3 Å². The lowest BCUT2D eigenvalue weighted by Gasteiger charge is -2.13. The van der Waals surface area contributed by atoms with Gasteiger partial charge in [-0.2, -0.15) is 0 Å². The summed E-state index contributed by atoms with van der Waals surface area (Å²) in [6, 6.07) is 19.3. The van der Waals surface area contributed by atoms with Gasteiger partial charge in [-0.05, 0) is 48.0 Å². The Hall–Kier alpha value is -3.16. The van der Waals surface area contributed by atoms with Gasteiger partial charge in [0.2, 0.25) is 5.76 Å². The van der Waals surface area contributed by atoms with E-state index in [4.69, 9.17) is 21.4 Å². The summed E-state index contributed by atoms with van der Waals surface area (Å²) in [6.07, 6.45) is 3.17. The molecule has 0 saturated carbocycles.